The average molecular weight is 374 g/mol. The van der Waals surface area contributed by atoms with E-state index in [9.17, 15) is 9.59 Å². The number of carbonyl (C=O) groups excluding carboxylic acids is 2. The Morgan fingerprint density at radius 1 is 1.26 bits per heavy atom. The van der Waals surface area contributed by atoms with E-state index in [2.05, 4.69) is 16.1 Å². The summed E-state index contributed by atoms with van der Waals surface area (Å²) in [5, 5.41) is 3.12. The number of fused-ring (bicyclic) bond motifs is 3. The molecule has 1 fully saturated rings. The molecule has 6 heteroatoms. The van der Waals surface area contributed by atoms with Gasteiger partial charge >= 0.3 is 12.1 Å². The Balaban J connectivity index is 1.90. The van der Waals surface area contributed by atoms with Crippen LogP contribution in [-0.2, 0) is 20.8 Å². The third-order valence-electron chi connectivity index (χ3n) is 5.32. The molecule has 0 bridgehead atoms. The number of para-hydroxylation sites is 1. The van der Waals surface area contributed by atoms with Crippen LogP contribution in [-0.4, -0.2) is 37.9 Å². The molecule has 0 unspecified atom stereocenters. The molecule has 6 nitrogen and oxygen atoms in total. The maximum atomic E-state index is 13.0. The molecule has 2 atom stereocenters. The zero-order chi connectivity index (χ0) is 19.6. The Morgan fingerprint density at radius 2 is 2.04 bits per heavy atom. The summed E-state index contributed by atoms with van der Waals surface area (Å²) < 4.78 is 10.4. The zero-order valence-corrected chi connectivity index (χ0v) is 16.7. The van der Waals surface area contributed by atoms with Crippen molar-refractivity contribution in [2.75, 3.05) is 25.1 Å². The molecule has 0 aromatic heterocycles. The molecule has 0 radical (unpaired) electrons. The van der Waals surface area contributed by atoms with Crippen molar-refractivity contribution in [3.05, 3.63) is 29.3 Å². The van der Waals surface area contributed by atoms with Gasteiger partial charge < -0.3 is 14.8 Å². The zero-order valence-electron chi connectivity index (χ0n) is 16.7. The summed E-state index contributed by atoms with van der Waals surface area (Å²) in [5.74, 6) is 0.683. The number of nitrogens with zero attached hydrogens (tertiary/aromatic N) is 1. The van der Waals surface area contributed by atoms with E-state index < -0.39 is 5.60 Å². The first-order valence-corrected chi connectivity index (χ1v) is 9.70. The van der Waals surface area contributed by atoms with Crippen molar-refractivity contribution in [3.63, 3.8) is 0 Å². The SMILES string of the molecule is COC(=O)CNCc1cccc2c1N(C(=O)OC(C)(C)C)C[C@@H]1CCC[C@H]21. The molecule has 1 aliphatic carbocycles. The predicted octanol–water partition coefficient (Wildman–Crippen LogP) is 3.59. The summed E-state index contributed by atoms with van der Waals surface area (Å²) in [5.41, 5.74) is 2.65. The van der Waals surface area contributed by atoms with Gasteiger partial charge in [0.15, 0.2) is 0 Å². The van der Waals surface area contributed by atoms with Gasteiger partial charge in [-0.1, -0.05) is 24.6 Å². The van der Waals surface area contributed by atoms with Crippen molar-refractivity contribution >= 4 is 17.7 Å². The van der Waals surface area contributed by atoms with Gasteiger partial charge in [0, 0.05) is 13.1 Å². The number of amides is 1. The van der Waals surface area contributed by atoms with Gasteiger partial charge in [-0.05, 0) is 56.6 Å². The molecule has 1 aromatic rings. The number of methoxy groups -OCH3 is 1. The van der Waals surface area contributed by atoms with E-state index in [1.54, 1.807) is 0 Å². The fraction of sp³-hybridized carbons (Fsp3) is 0.619. The highest BCUT2D eigenvalue weighted by atomic mass is 16.6. The summed E-state index contributed by atoms with van der Waals surface area (Å²) in [4.78, 5) is 26.2. The van der Waals surface area contributed by atoms with E-state index in [1.165, 1.54) is 25.5 Å². The highest BCUT2D eigenvalue weighted by Crippen LogP contribution is 2.48. The van der Waals surface area contributed by atoms with Gasteiger partial charge in [-0.15, -0.1) is 0 Å². The first kappa shape index (κ1) is 19.7. The van der Waals surface area contributed by atoms with E-state index in [1.807, 2.05) is 37.8 Å². The molecule has 0 spiro atoms. The lowest BCUT2D eigenvalue weighted by molar-refractivity contribution is -0.139. The van der Waals surface area contributed by atoms with Crippen LogP contribution in [0.25, 0.3) is 0 Å². The topological polar surface area (TPSA) is 67.9 Å². The molecular weight excluding hydrogens is 344 g/mol. The first-order chi connectivity index (χ1) is 12.8. The molecule has 1 saturated carbocycles. The number of nitrogens with one attached hydrogen (secondary N) is 1. The largest absolute Gasteiger partial charge is 0.468 e. The number of anilines is 1. The van der Waals surface area contributed by atoms with Crippen LogP contribution >= 0.6 is 0 Å². The predicted molar refractivity (Wildman–Crippen MR) is 104 cm³/mol. The van der Waals surface area contributed by atoms with Crippen molar-refractivity contribution < 1.29 is 19.1 Å². The van der Waals surface area contributed by atoms with Crippen LogP contribution in [0.3, 0.4) is 0 Å². The number of ether oxygens (including phenoxy) is 2. The first-order valence-electron chi connectivity index (χ1n) is 9.70. The lowest BCUT2D eigenvalue weighted by atomic mass is 9.82. The fourth-order valence-corrected chi connectivity index (χ4v) is 4.23. The summed E-state index contributed by atoms with van der Waals surface area (Å²) >= 11 is 0. The Labute approximate surface area is 161 Å². The summed E-state index contributed by atoms with van der Waals surface area (Å²) in [6, 6.07) is 6.19. The second-order valence-corrected chi connectivity index (χ2v) is 8.42. The van der Waals surface area contributed by atoms with Gasteiger partial charge in [0.1, 0.15) is 5.60 Å². The lowest BCUT2D eigenvalue weighted by Gasteiger charge is -2.39. The fourth-order valence-electron chi connectivity index (χ4n) is 4.23. The van der Waals surface area contributed by atoms with Gasteiger partial charge in [-0.2, -0.15) is 0 Å². The molecule has 1 heterocycles. The van der Waals surface area contributed by atoms with Gasteiger partial charge in [-0.3, -0.25) is 9.69 Å². The van der Waals surface area contributed by atoms with Crippen LogP contribution < -0.4 is 10.2 Å². The number of esters is 1. The van der Waals surface area contributed by atoms with E-state index in [4.69, 9.17) is 4.74 Å². The summed E-state index contributed by atoms with van der Waals surface area (Å²) in [6.07, 6.45) is 3.21. The van der Waals surface area contributed by atoms with Gasteiger partial charge in [-0.25, -0.2) is 4.79 Å². The van der Waals surface area contributed by atoms with Crippen molar-refractivity contribution in [3.8, 4) is 0 Å². The Morgan fingerprint density at radius 3 is 2.74 bits per heavy atom. The highest BCUT2D eigenvalue weighted by molar-refractivity contribution is 5.91. The Bertz CT molecular complexity index is 711. The normalized spacial score (nSPS) is 21.4. The Hall–Kier alpha value is -2.08. The van der Waals surface area contributed by atoms with Crippen LogP contribution in [0.15, 0.2) is 18.2 Å². The van der Waals surface area contributed by atoms with Crippen molar-refractivity contribution in [1.82, 2.24) is 5.32 Å². The van der Waals surface area contributed by atoms with Gasteiger partial charge in [0.05, 0.1) is 19.3 Å². The number of benzene rings is 1. The Kier molecular flexibility index (Phi) is 5.75. The molecule has 148 valence electrons. The quantitative estimate of drug-likeness (QED) is 0.816. The number of hydrogen-bond donors (Lipinski definition) is 1. The molecular formula is C21H30N2O4. The minimum atomic E-state index is -0.540. The van der Waals surface area contributed by atoms with Crippen LogP contribution in [0.1, 0.15) is 57.1 Å². The van der Waals surface area contributed by atoms with Gasteiger partial charge in [0.2, 0.25) is 0 Å². The minimum absolute atomic E-state index is 0.138. The summed E-state index contributed by atoms with van der Waals surface area (Å²) in [6.45, 7) is 6.99. The number of carbonyl (C=O) groups is 2. The smallest absolute Gasteiger partial charge is 0.414 e. The van der Waals surface area contributed by atoms with Crippen molar-refractivity contribution in [2.45, 2.75) is 58.1 Å². The second-order valence-electron chi connectivity index (χ2n) is 8.42. The molecule has 1 aliphatic heterocycles. The molecule has 2 aliphatic rings. The average Bonchev–Trinajstić information content (AvgIpc) is 3.08. The molecule has 1 amide bonds. The molecule has 0 saturated heterocycles. The molecule has 27 heavy (non-hydrogen) atoms. The summed E-state index contributed by atoms with van der Waals surface area (Å²) in [7, 11) is 1.37. The monoisotopic (exact) mass is 374 g/mol. The molecule has 1 aromatic carbocycles. The van der Waals surface area contributed by atoms with E-state index >= 15 is 0 Å². The second kappa shape index (κ2) is 7.89. The van der Waals surface area contributed by atoms with Crippen molar-refractivity contribution in [1.29, 1.82) is 0 Å². The molecule has 1 N–H and O–H groups in total. The third-order valence-corrected chi connectivity index (χ3v) is 5.32. The van der Waals surface area contributed by atoms with Gasteiger partial charge in [0.25, 0.3) is 0 Å². The number of rotatable bonds is 4. The van der Waals surface area contributed by atoms with Crippen molar-refractivity contribution in [2.24, 2.45) is 5.92 Å². The third kappa shape index (κ3) is 4.43. The maximum absolute atomic E-state index is 13.0. The van der Waals surface area contributed by atoms with Crippen LogP contribution in [0.2, 0.25) is 0 Å². The van der Waals surface area contributed by atoms with E-state index in [-0.39, 0.29) is 18.6 Å². The highest BCUT2D eigenvalue weighted by Gasteiger charge is 2.40. The lowest BCUT2D eigenvalue weighted by Crippen LogP contribution is -2.44. The molecule has 3 rings (SSSR count). The van der Waals surface area contributed by atoms with E-state index in [0.29, 0.717) is 24.9 Å². The standard InChI is InChI=1S/C21H30N2O4/c1-21(2,3)27-20(25)23-13-15-8-6-9-16(15)17-10-5-7-14(19(17)23)11-22-12-18(24)26-4/h5,7,10,15-16,22H,6,8-9,11-13H2,1-4H3/t15-,16-/m0/s1. The van der Waals surface area contributed by atoms with Crippen LogP contribution in [0.4, 0.5) is 10.5 Å². The van der Waals surface area contributed by atoms with E-state index in [0.717, 1.165) is 17.7 Å². The minimum Gasteiger partial charge on any atom is -0.468 e. The maximum Gasteiger partial charge on any atom is 0.414 e. The number of hydrogen-bond acceptors (Lipinski definition) is 5. The van der Waals surface area contributed by atoms with Crippen LogP contribution in [0, 0.1) is 5.92 Å². The van der Waals surface area contributed by atoms with Crippen LogP contribution in [0.5, 0.6) is 0 Å².